The Kier molecular flexibility index (Phi) is 4.63. The van der Waals surface area contributed by atoms with E-state index in [-0.39, 0.29) is 0 Å². The molecule has 1 aliphatic rings. The Balaban J connectivity index is 2.26. The Morgan fingerprint density at radius 2 is 1.85 bits per heavy atom. The lowest BCUT2D eigenvalue weighted by Crippen LogP contribution is -2.31. The molecule has 0 radical (unpaired) electrons. The maximum atomic E-state index is 5.88. The highest BCUT2D eigenvalue weighted by Gasteiger charge is 2.25. The zero-order valence-electron chi connectivity index (χ0n) is 12.9. The van der Waals surface area contributed by atoms with Crippen LogP contribution in [0.3, 0.4) is 0 Å². The number of nitrogens with one attached hydrogen (secondary N) is 1. The van der Waals surface area contributed by atoms with E-state index in [0.717, 1.165) is 34.5 Å². The third-order valence-corrected chi connectivity index (χ3v) is 4.32. The lowest BCUT2D eigenvalue weighted by molar-refractivity contribution is 0.281. The van der Waals surface area contributed by atoms with E-state index < -0.39 is 0 Å². The highest BCUT2D eigenvalue weighted by atomic mass is 32.1. The van der Waals surface area contributed by atoms with E-state index in [4.69, 9.17) is 18.0 Å². The summed E-state index contributed by atoms with van der Waals surface area (Å²) in [5, 5.41) is 3.67. The summed E-state index contributed by atoms with van der Waals surface area (Å²) < 4.78 is 0. The van der Waals surface area contributed by atoms with E-state index in [0.29, 0.717) is 11.0 Å². The second kappa shape index (κ2) is 6.08. The molecule has 1 aliphatic carbocycles. The van der Waals surface area contributed by atoms with E-state index in [1.54, 1.807) is 0 Å². The lowest BCUT2D eigenvalue weighted by atomic mass is 9.80. The quantitative estimate of drug-likeness (QED) is 0.836. The fraction of sp³-hybridized carbons (Fsp3) is 0.625. The van der Waals surface area contributed by atoms with Gasteiger partial charge >= 0.3 is 0 Å². The van der Waals surface area contributed by atoms with Gasteiger partial charge in [0.25, 0.3) is 0 Å². The molecule has 3 nitrogen and oxygen atoms in total. The third-order valence-electron chi connectivity index (χ3n) is 4.11. The summed E-state index contributed by atoms with van der Waals surface area (Å²) in [6.07, 6.45) is 3.75. The van der Waals surface area contributed by atoms with Crippen LogP contribution >= 0.6 is 12.2 Å². The van der Waals surface area contributed by atoms with Gasteiger partial charge in [0.1, 0.15) is 4.99 Å². The first-order valence-electron chi connectivity index (χ1n) is 7.41. The van der Waals surface area contributed by atoms with Crippen molar-refractivity contribution in [1.82, 2.24) is 4.98 Å². The van der Waals surface area contributed by atoms with Crippen molar-refractivity contribution in [3.63, 3.8) is 0 Å². The molecule has 0 amide bonds. The largest absolute Gasteiger partial charge is 0.389 e. The normalized spacial score (nSPS) is 26.3. The van der Waals surface area contributed by atoms with Crippen molar-refractivity contribution in [2.45, 2.75) is 53.0 Å². The summed E-state index contributed by atoms with van der Waals surface area (Å²) in [6, 6.07) is 2.56. The van der Waals surface area contributed by atoms with Crippen LogP contribution in [0.5, 0.6) is 0 Å². The Hall–Kier alpha value is -1.16. The van der Waals surface area contributed by atoms with Crippen molar-refractivity contribution in [3.05, 3.63) is 23.0 Å². The summed E-state index contributed by atoms with van der Waals surface area (Å²) in [6.45, 7) is 8.65. The number of nitrogens with zero attached hydrogens (tertiary/aromatic N) is 1. The minimum Gasteiger partial charge on any atom is -0.389 e. The number of hydrogen-bond donors (Lipinski definition) is 2. The van der Waals surface area contributed by atoms with Gasteiger partial charge in [-0.05, 0) is 51.0 Å². The second-order valence-electron chi connectivity index (χ2n) is 6.39. The fourth-order valence-electron chi connectivity index (χ4n) is 3.54. The van der Waals surface area contributed by atoms with Gasteiger partial charge in [-0.1, -0.05) is 26.1 Å². The number of pyridine rings is 1. The molecule has 0 aromatic carbocycles. The van der Waals surface area contributed by atoms with Crippen LogP contribution in [0.4, 0.5) is 5.69 Å². The molecule has 4 heteroatoms. The average Bonchev–Trinajstić information content (AvgIpc) is 2.25. The zero-order chi connectivity index (χ0) is 14.9. The van der Waals surface area contributed by atoms with E-state index >= 15 is 0 Å². The van der Waals surface area contributed by atoms with Crippen LogP contribution in [0, 0.1) is 25.7 Å². The summed E-state index contributed by atoms with van der Waals surface area (Å²) in [5.41, 5.74) is 9.74. The van der Waals surface area contributed by atoms with Crippen molar-refractivity contribution in [3.8, 4) is 0 Å². The third kappa shape index (κ3) is 3.48. The van der Waals surface area contributed by atoms with Gasteiger partial charge in [0.2, 0.25) is 0 Å². The van der Waals surface area contributed by atoms with Crippen LogP contribution in [0.25, 0.3) is 0 Å². The molecule has 0 saturated heterocycles. The number of aryl methyl sites for hydroxylation is 2. The number of nitrogens with two attached hydrogens (primary N) is 1. The Bertz CT molecular complexity index is 503. The molecule has 1 aromatic rings. The number of rotatable bonds is 3. The molecule has 3 N–H and O–H groups in total. The molecular formula is C16H25N3S. The van der Waals surface area contributed by atoms with Crippen LogP contribution in [0.2, 0.25) is 0 Å². The van der Waals surface area contributed by atoms with Crippen LogP contribution in [0.15, 0.2) is 6.07 Å². The predicted molar refractivity (Wildman–Crippen MR) is 89.2 cm³/mol. The molecule has 2 rings (SSSR count). The van der Waals surface area contributed by atoms with E-state index in [1.165, 1.54) is 19.3 Å². The maximum absolute atomic E-state index is 5.88. The molecule has 1 saturated carbocycles. The second-order valence-corrected chi connectivity index (χ2v) is 6.83. The van der Waals surface area contributed by atoms with Gasteiger partial charge < -0.3 is 11.1 Å². The van der Waals surface area contributed by atoms with Gasteiger partial charge in [0, 0.05) is 23.1 Å². The summed E-state index contributed by atoms with van der Waals surface area (Å²) in [7, 11) is 0. The highest BCUT2D eigenvalue weighted by molar-refractivity contribution is 7.80. The Morgan fingerprint density at radius 1 is 1.25 bits per heavy atom. The van der Waals surface area contributed by atoms with Crippen molar-refractivity contribution in [2.75, 3.05) is 5.32 Å². The molecule has 110 valence electrons. The van der Waals surface area contributed by atoms with E-state index in [2.05, 4.69) is 30.2 Å². The highest BCUT2D eigenvalue weighted by Crippen LogP contribution is 2.31. The van der Waals surface area contributed by atoms with Crippen molar-refractivity contribution >= 4 is 22.9 Å². The molecule has 20 heavy (non-hydrogen) atoms. The first-order valence-corrected chi connectivity index (χ1v) is 7.82. The minimum atomic E-state index is 0.425. The monoisotopic (exact) mass is 291 g/mol. The molecule has 1 aromatic heterocycles. The van der Waals surface area contributed by atoms with Crippen LogP contribution < -0.4 is 11.1 Å². The van der Waals surface area contributed by atoms with Crippen LogP contribution in [-0.4, -0.2) is 16.0 Å². The molecule has 0 bridgehead atoms. The maximum Gasteiger partial charge on any atom is 0.107 e. The summed E-state index contributed by atoms with van der Waals surface area (Å²) >= 11 is 5.19. The van der Waals surface area contributed by atoms with E-state index in [1.807, 2.05) is 13.8 Å². The van der Waals surface area contributed by atoms with Crippen molar-refractivity contribution in [1.29, 1.82) is 0 Å². The lowest BCUT2D eigenvalue weighted by Gasteiger charge is -2.33. The molecule has 0 spiro atoms. The number of anilines is 1. The van der Waals surface area contributed by atoms with Crippen molar-refractivity contribution < 1.29 is 0 Å². The molecule has 0 aliphatic heterocycles. The van der Waals surface area contributed by atoms with Gasteiger partial charge in [-0.2, -0.15) is 0 Å². The van der Waals surface area contributed by atoms with Gasteiger partial charge in [-0.3, -0.25) is 4.98 Å². The van der Waals surface area contributed by atoms with Crippen molar-refractivity contribution in [2.24, 2.45) is 17.6 Å². The number of thiocarbonyl (C=S) groups is 1. The molecule has 2 unspecified atom stereocenters. The minimum absolute atomic E-state index is 0.425. The average molecular weight is 291 g/mol. The fourth-order valence-corrected chi connectivity index (χ4v) is 3.80. The summed E-state index contributed by atoms with van der Waals surface area (Å²) in [5.74, 6) is 1.54. The van der Waals surface area contributed by atoms with Gasteiger partial charge in [0.05, 0.1) is 5.56 Å². The van der Waals surface area contributed by atoms with Crippen LogP contribution in [0.1, 0.15) is 50.1 Å². The first-order chi connectivity index (χ1) is 9.36. The molecular weight excluding hydrogens is 266 g/mol. The first kappa shape index (κ1) is 15.2. The number of aromatic nitrogens is 1. The molecule has 1 heterocycles. The van der Waals surface area contributed by atoms with Crippen LogP contribution in [-0.2, 0) is 0 Å². The summed E-state index contributed by atoms with van der Waals surface area (Å²) in [4.78, 5) is 4.90. The van der Waals surface area contributed by atoms with Gasteiger partial charge in [-0.15, -0.1) is 0 Å². The topological polar surface area (TPSA) is 50.9 Å². The Morgan fingerprint density at radius 3 is 2.40 bits per heavy atom. The van der Waals surface area contributed by atoms with E-state index in [9.17, 15) is 0 Å². The molecule has 2 atom stereocenters. The van der Waals surface area contributed by atoms with Gasteiger partial charge in [-0.25, -0.2) is 0 Å². The van der Waals surface area contributed by atoms with Gasteiger partial charge in [0.15, 0.2) is 0 Å². The standard InChI is InChI=1S/C16H25N3S/c1-9-5-10(2)7-13(6-9)19-14-8-11(3)18-12(4)15(14)16(17)20/h8-10,13H,5-7H2,1-4H3,(H2,17,20)(H,18,19). The number of hydrogen-bond acceptors (Lipinski definition) is 3. The molecule has 1 fully saturated rings. The smallest absolute Gasteiger partial charge is 0.107 e. The predicted octanol–water partition coefficient (Wildman–Crippen LogP) is 3.57. The SMILES string of the molecule is Cc1cc(NC2CC(C)CC(C)C2)c(C(N)=S)c(C)n1. The Labute approximate surface area is 127 Å². The zero-order valence-corrected chi connectivity index (χ0v) is 13.7.